The Bertz CT molecular complexity index is 834. The number of nitriles is 1. The zero-order valence-corrected chi connectivity index (χ0v) is 12.1. The second-order valence-corrected chi connectivity index (χ2v) is 5.17. The minimum Gasteiger partial charge on any atom is -0.380 e. The molecule has 0 unspecified atom stereocenters. The van der Waals surface area contributed by atoms with E-state index in [1.54, 1.807) is 0 Å². The molecule has 0 aliphatic carbocycles. The molecule has 0 heterocycles. The highest BCUT2D eigenvalue weighted by Gasteiger charge is 2.06. The molecule has 0 saturated carbocycles. The van der Waals surface area contributed by atoms with Gasteiger partial charge in [-0.1, -0.05) is 54.1 Å². The lowest BCUT2D eigenvalue weighted by atomic mass is 10.0. The molecule has 0 radical (unpaired) electrons. The third-order valence-corrected chi connectivity index (χ3v) is 3.84. The van der Waals surface area contributed by atoms with E-state index in [-0.39, 0.29) is 0 Å². The van der Waals surface area contributed by atoms with E-state index in [0.29, 0.717) is 12.1 Å². The second kappa shape index (κ2) is 5.87. The minimum atomic E-state index is 0.648. The Kier molecular flexibility index (Phi) is 3.77. The maximum atomic E-state index is 9.18. The normalized spacial score (nSPS) is 10.3. The summed E-state index contributed by atoms with van der Waals surface area (Å²) in [6.07, 6.45) is 0. The van der Waals surface area contributed by atoms with E-state index in [9.17, 15) is 5.26 Å². The number of nitrogens with zero attached hydrogens (tertiary/aromatic N) is 1. The number of rotatable bonds is 3. The van der Waals surface area contributed by atoms with Crippen LogP contribution in [-0.4, -0.2) is 0 Å². The SMILES string of the molecule is N#Cc1ccc(NCc2ccccc2Cl)c2ccccc12. The maximum Gasteiger partial charge on any atom is 0.0998 e. The zero-order chi connectivity index (χ0) is 14.7. The van der Waals surface area contributed by atoms with E-state index in [1.807, 2.05) is 60.7 Å². The molecule has 3 aromatic rings. The molecule has 0 aliphatic heterocycles. The van der Waals surface area contributed by atoms with Crippen LogP contribution in [0.2, 0.25) is 5.02 Å². The van der Waals surface area contributed by atoms with Crippen LogP contribution in [0.3, 0.4) is 0 Å². The number of benzene rings is 3. The van der Waals surface area contributed by atoms with E-state index in [1.165, 1.54) is 0 Å². The van der Waals surface area contributed by atoms with Crippen molar-refractivity contribution in [3.63, 3.8) is 0 Å². The van der Waals surface area contributed by atoms with Gasteiger partial charge in [0.1, 0.15) is 0 Å². The number of halogens is 1. The molecule has 21 heavy (non-hydrogen) atoms. The predicted octanol–water partition coefficient (Wildman–Crippen LogP) is 4.98. The summed E-state index contributed by atoms with van der Waals surface area (Å²) in [5.74, 6) is 0. The van der Waals surface area contributed by atoms with Gasteiger partial charge in [0.2, 0.25) is 0 Å². The van der Waals surface area contributed by atoms with Crippen LogP contribution in [0.5, 0.6) is 0 Å². The molecule has 0 bridgehead atoms. The Morgan fingerprint density at radius 3 is 2.38 bits per heavy atom. The summed E-state index contributed by atoms with van der Waals surface area (Å²) < 4.78 is 0. The third-order valence-electron chi connectivity index (χ3n) is 3.47. The van der Waals surface area contributed by atoms with Crippen molar-refractivity contribution in [2.24, 2.45) is 0 Å². The Balaban J connectivity index is 1.95. The molecular weight excluding hydrogens is 280 g/mol. The molecule has 1 N–H and O–H groups in total. The highest BCUT2D eigenvalue weighted by Crippen LogP contribution is 2.27. The summed E-state index contributed by atoms with van der Waals surface area (Å²) in [5, 5.41) is 15.3. The molecule has 0 spiro atoms. The lowest BCUT2D eigenvalue weighted by Gasteiger charge is -2.11. The molecule has 0 amide bonds. The fourth-order valence-electron chi connectivity index (χ4n) is 2.38. The summed E-state index contributed by atoms with van der Waals surface area (Å²) in [5.41, 5.74) is 2.74. The van der Waals surface area contributed by atoms with Crippen molar-refractivity contribution in [1.82, 2.24) is 0 Å². The number of anilines is 1. The van der Waals surface area contributed by atoms with Gasteiger partial charge in [-0.2, -0.15) is 5.26 Å². The summed E-state index contributed by atoms with van der Waals surface area (Å²) in [6, 6.07) is 21.7. The van der Waals surface area contributed by atoms with E-state index >= 15 is 0 Å². The monoisotopic (exact) mass is 292 g/mol. The molecule has 3 rings (SSSR count). The average Bonchev–Trinajstić information content (AvgIpc) is 2.54. The molecule has 0 fully saturated rings. The summed E-state index contributed by atoms with van der Waals surface area (Å²) in [6.45, 7) is 0.648. The Hall–Kier alpha value is -2.50. The van der Waals surface area contributed by atoms with Crippen LogP contribution in [0, 0.1) is 11.3 Å². The Morgan fingerprint density at radius 2 is 1.62 bits per heavy atom. The van der Waals surface area contributed by atoms with Crippen LogP contribution in [0.15, 0.2) is 60.7 Å². The lowest BCUT2D eigenvalue weighted by Crippen LogP contribution is -2.01. The first-order valence-electron chi connectivity index (χ1n) is 6.69. The quantitative estimate of drug-likeness (QED) is 0.739. The van der Waals surface area contributed by atoms with Crippen LogP contribution in [-0.2, 0) is 6.54 Å². The zero-order valence-electron chi connectivity index (χ0n) is 11.3. The topological polar surface area (TPSA) is 35.8 Å². The van der Waals surface area contributed by atoms with E-state index in [0.717, 1.165) is 27.0 Å². The van der Waals surface area contributed by atoms with E-state index in [2.05, 4.69) is 11.4 Å². The van der Waals surface area contributed by atoms with Crippen molar-refractivity contribution < 1.29 is 0 Å². The van der Waals surface area contributed by atoms with Gasteiger partial charge < -0.3 is 5.32 Å². The molecule has 0 aromatic heterocycles. The van der Waals surface area contributed by atoms with Crippen LogP contribution in [0.4, 0.5) is 5.69 Å². The van der Waals surface area contributed by atoms with Gasteiger partial charge in [0.25, 0.3) is 0 Å². The largest absolute Gasteiger partial charge is 0.380 e. The number of fused-ring (bicyclic) bond motifs is 1. The number of hydrogen-bond donors (Lipinski definition) is 1. The smallest absolute Gasteiger partial charge is 0.0998 e. The summed E-state index contributed by atoms with van der Waals surface area (Å²) in [7, 11) is 0. The van der Waals surface area contributed by atoms with Crippen LogP contribution in [0.25, 0.3) is 10.8 Å². The highest BCUT2D eigenvalue weighted by molar-refractivity contribution is 6.31. The Morgan fingerprint density at radius 1 is 0.905 bits per heavy atom. The van der Waals surface area contributed by atoms with Crippen molar-refractivity contribution in [1.29, 1.82) is 5.26 Å². The minimum absolute atomic E-state index is 0.648. The van der Waals surface area contributed by atoms with Gasteiger partial charge in [-0.25, -0.2) is 0 Å². The van der Waals surface area contributed by atoms with Crippen molar-refractivity contribution in [3.8, 4) is 6.07 Å². The van der Waals surface area contributed by atoms with Gasteiger partial charge >= 0.3 is 0 Å². The maximum absolute atomic E-state index is 9.18. The highest BCUT2D eigenvalue weighted by atomic mass is 35.5. The number of nitrogens with one attached hydrogen (secondary N) is 1. The molecule has 0 atom stereocenters. The van der Waals surface area contributed by atoms with Crippen molar-refractivity contribution in [2.75, 3.05) is 5.32 Å². The van der Waals surface area contributed by atoms with Crippen molar-refractivity contribution in [2.45, 2.75) is 6.54 Å². The lowest BCUT2D eigenvalue weighted by molar-refractivity contribution is 1.15. The third kappa shape index (κ3) is 2.69. The van der Waals surface area contributed by atoms with Gasteiger partial charge in [-0.15, -0.1) is 0 Å². The van der Waals surface area contributed by atoms with Gasteiger partial charge in [-0.3, -0.25) is 0 Å². The van der Waals surface area contributed by atoms with Crippen molar-refractivity contribution in [3.05, 3.63) is 76.8 Å². The van der Waals surface area contributed by atoms with Gasteiger partial charge in [0.05, 0.1) is 11.6 Å². The fraction of sp³-hybridized carbons (Fsp3) is 0.0556. The van der Waals surface area contributed by atoms with Crippen LogP contribution >= 0.6 is 11.6 Å². The standard InChI is InChI=1S/C18H13ClN2/c19-17-8-4-1-5-14(17)12-21-18-10-9-13(11-20)15-6-2-3-7-16(15)18/h1-10,21H,12H2. The van der Waals surface area contributed by atoms with Gasteiger partial charge in [-0.05, 0) is 23.8 Å². The first kappa shape index (κ1) is 13.5. The fourth-order valence-corrected chi connectivity index (χ4v) is 2.59. The number of hydrogen-bond acceptors (Lipinski definition) is 2. The van der Waals surface area contributed by atoms with E-state index in [4.69, 9.17) is 11.6 Å². The molecule has 2 nitrogen and oxygen atoms in total. The molecule has 0 aliphatic rings. The second-order valence-electron chi connectivity index (χ2n) is 4.76. The van der Waals surface area contributed by atoms with Crippen LogP contribution in [0.1, 0.15) is 11.1 Å². The first-order chi connectivity index (χ1) is 10.3. The van der Waals surface area contributed by atoms with E-state index < -0.39 is 0 Å². The van der Waals surface area contributed by atoms with Crippen molar-refractivity contribution >= 4 is 28.1 Å². The first-order valence-corrected chi connectivity index (χ1v) is 7.06. The molecule has 3 heteroatoms. The summed E-state index contributed by atoms with van der Waals surface area (Å²) in [4.78, 5) is 0. The molecular formula is C18H13ClN2. The van der Waals surface area contributed by atoms with Crippen LogP contribution < -0.4 is 5.32 Å². The van der Waals surface area contributed by atoms with Gasteiger partial charge in [0.15, 0.2) is 0 Å². The molecule has 0 saturated heterocycles. The molecule has 3 aromatic carbocycles. The summed E-state index contributed by atoms with van der Waals surface area (Å²) >= 11 is 6.17. The predicted molar refractivity (Wildman–Crippen MR) is 87.4 cm³/mol. The van der Waals surface area contributed by atoms with Gasteiger partial charge in [0, 0.05) is 28.0 Å². The average molecular weight is 293 g/mol. The molecule has 102 valence electrons. The Labute approximate surface area is 128 Å².